The summed E-state index contributed by atoms with van der Waals surface area (Å²) in [6.07, 6.45) is 2.32. The number of carbonyl (C=O) groups excluding carboxylic acids is 2. The molecule has 0 spiro atoms. The fourth-order valence-corrected chi connectivity index (χ4v) is 7.43. The quantitative estimate of drug-likeness (QED) is 0.347. The topological polar surface area (TPSA) is 43.9 Å². The summed E-state index contributed by atoms with van der Waals surface area (Å²) in [5, 5.41) is 0. The summed E-state index contributed by atoms with van der Waals surface area (Å²) < 4.78 is 28.9. The van der Waals surface area contributed by atoms with Crippen LogP contribution in [0.1, 0.15) is 113 Å². The number of benzene rings is 2. The van der Waals surface area contributed by atoms with Gasteiger partial charge in [0.15, 0.2) is 0 Å². The van der Waals surface area contributed by atoms with Crippen LogP contribution < -0.4 is 0 Å². The Morgan fingerprint density at radius 1 is 0.907 bits per heavy atom. The molecule has 2 aromatic rings. The Balaban J connectivity index is 1.56. The van der Waals surface area contributed by atoms with Crippen molar-refractivity contribution in [2.75, 3.05) is 26.2 Å². The summed E-state index contributed by atoms with van der Waals surface area (Å²) >= 11 is 0. The van der Waals surface area contributed by atoms with Crippen molar-refractivity contribution in [3.63, 3.8) is 0 Å². The first-order chi connectivity index (χ1) is 20.1. The zero-order valence-electron chi connectivity index (χ0n) is 27.6. The van der Waals surface area contributed by atoms with Crippen molar-refractivity contribution < 1.29 is 18.4 Å². The third-order valence-electron chi connectivity index (χ3n) is 9.97. The number of piperidine rings is 2. The molecule has 7 heteroatoms. The van der Waals surface area contributed by atoms with Gasteiger partial charge in [0.1, 0.15) is 11.6 Å². The van der Waals surface area contributed by atoms with Gasteiger partial charge in [0, 0.05) is 56.0 Å². The first kappa shape index (κ1) is 33.1. The van der Waals surface area contributed by atoms with E-state index >= 15 is 4.39 Å². The number of nitrogens with zero attached hydrogens (tertiary/aromatic N) is 3. The molecule has 2 heterocycles. The average molecular weight is 596 g/mol. The van der Waals surface area contributed by atoms with Crippen molar-refractivity contribution in [1.29, 1.82) is 0 Å². The van der Waals surface area contributed by atoms with Crippen LogP contribution >= 0.6 is 0 Å². The molecule has 2 aliphatic rings. The normalized spacial score (nSPS) is 21.3. The van der Waals surface area contributed by atoms with Crippen LogP contribution in [0.4, 0.5) is 8.78 Å². The molecule has 2 fully saturated rings. The number of carbonyl (C=O) groups is 2. The molecule has 0 unspecified atom stereocenters. The highest BCUT2D eigenvalue weighted by atomic mass is 19.1. The van der Waals surface area contributed by atoms with Gasteiger partial charge in [-0.3, -0.25) is 14.5 Å². The first-order valence-electron chi connectivity index (χ1n) is 16.0. The lowest BCUT2D eigenvalue weighted by Gasteiger charge is -2.46. The minimum absolute atomic E-state index is 0.0502. The Labute approximate surface area is 257 Å². The molecule has 0 bridgehead atoms. The second-order valence-corrected chi connectivity index (χ2v) is 14.1. The van der Waals surface area contributed by atoms with Crippen molar-refractivity contribution in [3.05, 3.63) is 69.8 Å². The summed E-state index contributed by atoms with van der Waals surface area (Å²) in [7, 11) is 0. The Hall–Kier alpha value is -2.80. The van der Waals surface area contributed by atoms with Gasteiger partial charge < -0.3 is 9.80 Å². The monoisotopic (exact) mass is 595 g/mol. The maximum atomic E-state index is 15.1. The van der Waals surface area contributed by atoms with E-state index < -0.39 is 11.6 Å². The van der Waals surface area contributed by atoms with E-state index in [1.165, 1.54) is 34.4 Å². The summed E-state index contributed by atoms with van der Waals surface area (Å²) in [6, 6.07) is 8.34. The van der Waals surface area contributed by atoms with E-state index in [-0.39, 0.29) is 47.2 Å². The van der Waals surface area contributed by atoms with Gasteiger partial charge in [-0.1, -0.05) is 18.2 Å². The molecule has 2 amide bonds. The zero-order valence-corrected chi connectivity index (χ0v) is 27.6. The highest BCUT2D eigenvalue weighted by molar-refractivity contribution is 5.80. The van der Waals surface area contributed by atoms with Crippen LogP contribution in [-0.4, -0.2) is 64.3 Å². The number of amides is 2. The molecular weight excluding hydrogens is 544 g/mol. The molecule has 2 aromatic carbocycles. The summed E-state index contributed by atoms with van der Waals surface area (Å²) in [5.74, 6) is -1.42. The van der Waals surface area contributed by atoms with Crippen LogP contribution in [0, 0.1) is 31.4 Å². The number of aryl methyl sites for hydroxylation is 2. The van der Waals surface area contributed by atoms with Gasteiger partial charge in [-0.05, 0) is 121 Å². The maximum absolute atomic E-state index is 15.1. The lowest BCUT2D eigenvalue weighted by Crippen LogP contribution is -2.53. The highest BCUT2D eigenvalue weighted by Gasteiger charge is 2.41. The van der Waals surface area contributed by atoms with Gasteiger partial charge in [0.25, 0.3) is 0 Å². The SMILES string of the molecule is CC(=O)N(C(C)C)[C@@H](C)c1cc(C)c(C)cc1C1CCN(C(=O)[C@@H]2CCN(C(C)(C)C)C[C@H]2c2ccc(F)cc2F)CC1. The zero-order chi connectivity index (χ0) is 31.8. The molecule has 3 atom stereocenters. The maximum Gasteiger partial charge on any atom is 0.226 e. The Bertz CT molecular complexity index is 1330. The smallest absolute Gasteiger partial charge is 0.226 e. The van der Waals surface area contributed by atoms with Crippen molar-refractivity contribution in [2.45, 2.75) is 111 Å². The number of rotatable bonds is 6. The van der Waals surface area contributed by atoms with E-state index in [1.807, 2.05) is 9.80 Å². The van der Waals surface area contributed by atoms with Crippen molar-refractivity contribution in [2.24, 2.45) is 5.92 Å². The lowest BCUT2D eigenvalue weighted by atomic mass is 9.77. The second-order valence-electron chi connectivity index (χ2n) is 14.1. The van der Waals surface area contributed by atoms with E-state index in [0.717, 1.165) is 25.5 Å². The number of hydrogen-bond acceptors (Lipinski definition) is 3. The van der Waals surface area contributed by atoms with Crippen LogP contribution in [0.25, 0.3) is 0 Å². The van der Waals surface area contributed by atoms with Crippen LogP contribution in [0.15, 0.2) is 30.3 Å². The van der Waals surface area contributed by atoms with Gasteiger partial charge >= 0.3 is 0 Å². The standard InChI is InChI=1S/C36H51F2N3O2/c1-22(2)41(26(6)42)25(5)31-18-23(3)24(4)19-32(31)27-12-15-39(16-13-27)35(43)30-14-17-40(36(7,8)9)21-33(30)29-11-10-28(37)20-34(29)38/h10-11,18-20,22,25,27,30,33H,12-17,21H2,1-9H3/t25-,30+,33-/m0/s1. The molecule has 0 saturated carbocycles. The van der Waals surface area contributed by atoms with Crippen molar-refractivity contribution in [3.8, 4) is 0 Å². The molecule has 2 saturated heterocycles. The molecule has 236 valence electrons. The van der Waals surface area contributed by atoms with Crippen molar-refractivity contribution >= 4 is 11.8 Å². The van der Waals surface area contributed by atoms with Crippen molar-refractivity contribution in [1.82, 2.24) is 14.7 Å². The van der Waals surface area contributed by atoms with Gasteiger partial charge in [0.2, 0.25) is 11.8 Å². The highest BCUT2D eigenvalue weighted by Crippen LogP contribution is 2.40. The molecule has 2 aliphatic heterocycles. The average Bonchev–Trinajstić information content (AvgIpc) is 2.93. The first-order valence-corrected chi connectivity index (χ1v) is 16.0. The number of hydrogen-bond donors (Lipinski definition) is 0. The molecular formula is C36H51F2N3O2. The second kappa shape index (κ2) is 13.1. The summed E-state index contributed by atoms with van der Waals surface area (Å²) in [4.78, 5) is 32.9. The molecule has 0 radical (unpaired) electrons. The van der Waals surface area contributed by atoms with E-state index in [4.69, 9.17) is 0 Å². The van der Waals surface area contributed by atoms with Gasteiger partial charge in [0.05, 0.1) is 6.04 Å². The van der Waals surface area contributed by atoms with E-state index in [2.05, 4.69) is 72.4 Å². The number of halogens is 2. The van der Waals surface area contributed by atoms with Gasteiger partial charge in [-0.15, -0.1) is 0 Å². The predicted octanol–water partition coefficient (Wildman–Crippen LogP) is 7.51. The van der Waals surface area contributed by atoms with Crippen LogP contribution in [-0.2, 0) is 9.59 Å². The molecule has 0 N–H and O–H groups in total. The molecule has 0 aliphatic carbocycles. The number of likely N-dealkylation sites (tertiary alicyclic amines) is 2. The lowest BCUT2D eigenvalue weighted by molar-refractivity contribution is -0.139. The minimum Gasteiger partial charge on any atom is -0.342 e. The summed E-state index contributed by atoms with van der Waals surface area (Å²) in [6.45, 7) is 21.1. The third-order valence-corrected chi connectivity index (χ3v) is 9.97. The Kier molecular flexibility index (Phi) is 10.0. The van der Waals surface area contributed by atoms with Crippen LogP contribution in [0.2, 0.25) is 0 Å². The fraction of sp³-hybridized carbons (Fsp3) is 0.611. The third kappa shape index (κ3) is 7.13. The molecule has 4 rings (SSSR count). The minimum atomic E-state index is -0.602. The Morgan fingerprint density at radius 2 is 1.53 bits per heavy atom. The van der Waals surface area contributed by atoms with E-state index in [9.17, 15) is 14.0 Å². The molecule has 0 aromatic heterocycles. The van der Waals surface area contributed by atoms with Crippen LogP contribution in [0.5, 0.6) is 0 Å². The van der Waals surface area contributed by atoms with Crippen LogP contribution in [0.3, 0.4) is 0 Å². The predicted molar refractivity (Wildman–Crippen MR) is 169 cm³/mol. The fourth-order valence-electron chi connectivity index (χ4n) is 7.43. The molecule has 5 nitrogen and oxygen atoms in total. The molecule has 43 heavy (non-hydrogen) atoms. The summed E-state index contributed by atoms with van der Waals surface area (Å²) in [5.41, 5.74) is 5.23. The van der Waals surface area contributed by atoms with E-state index in [1.54, 1.807) is 6.92 Å². The van der Waals surface area contributed by atoms with Gasteiger partial charge in [-0.2, -0.15) is 0 Å². The Morgan fingerprint density at radius 3 is 2.09 bits per heavy atom. The van der Waals surface area contributed by atoms with E-state index in [0.29, 0.717) is 31.6 Å². The largest absolute Gasteiger partial charge is 0.342 e. The van der Waals surface area contributed by atoms with Gasteiger partial charge in [-0.25, -0.2) is 8.78 Å².